The highest BCUT2D eigenvalue weighted by atomic mass is 17.5. The maximum absolute atomic E-state index is 11.3. The van der Waals surface area contributed by atoms with Crippen LogP contribution < -0.4 is 0 Å². The van der Waals surface area contributed by atoms with Gasteiger partial charge in [0, 0.05) is 7.11 Å². The fraction of sp³-hybridized carbons (Fsp3) is 0.784. The molecular weight excluding hydrogens is 828 g/mol. The number of methoxy groups -OCH3 is 1. The Morgan fingerprint density at radius 1 is 0.393 bits per heavy atom. The van der Waals surface area contributed by atoms with Gasteiger partial charge >= 0.3 is 35.8 Å². The van der Waals surface area contributed by atoms with E-state index in [9.17, 15) is 39.0 Å². The summed E-state index contributed by atoms with van der Waals surface area (Å²) in [4.78, 5) is 77.4. The number of rotatable bonds is 46. The summed E-state index contributed by atoms with van der Waals surface area (Å²) >= 11 is 0. The molecule has 24 nitrogen and oxygen atoms in total. The van der Waals surface area contributed by atoms with Gasteiger partial charge in [-0.05, 0) is 0 Å². The lowest BCUT2D eigenvalue weighted by atomic mass is 9.89. The first-order valence-corrected chi connectivity index (χ1v) is 19.0. The Bertz CT molecular complexity index is 1190. The number of aliphatic carboxylic acids is 6. The van der Waals surface area contributed by atoms with Crippen LogP contribution in [0.2, 0.25) is 0 Å². The van der Waals surface area contributed by atoms with E-state index >= 15 is 0 Å². The van der Waals surface area contributed by atoms with E-state index in [0.29, 0.717) is 0 Å². The quantitative estimate of drug-likeness (QED) is 0.0211. The highest BCUT2D eigenvalue weighted by Crippen LogP contribution is 2.28. The van der Waals surface area contributed by atoms with Gasteiger partial charge in [-0.2, -0.15) is 0 Å². The first-order valence-electron chi connectivity index (χ1n) is 19.0. The molecule has 0 aromatic heterocycles. The molecule has 0 fully saturated rings. The van der Waals surface area contributed by atoms with E-state index in [1.54, 1.807) is 0 Å². The molecule has 0 aliphatic rings. The molecule has 24 heteroatoms. The van der Waals surface area contributed by atoms with Gasteiger partial charge in [-0.1, -0.05) is 11.1 Å². The lowest BCUT2D eigenvalue weighted by Gasteiger charge is -2.38. The predicted molar refractivity (Wildman–Crippen MR) is 202 cm³/mol. The van der Waals surface area contributed by atoms with Crippen LogP contribution in [-0.2, 0) is 86.2 Å². The van der Waals surface area contributed by atoms with Crippen molar-refractivity contribution in [3.05, 3.63) is 12.7 Å². The molecule has 0 aromatic rings. The maximum Gasteiger partial charge on any atom is 0.305 e. The third-order valence-corrected chi connectivity index (χ3v) is 7.94. The minimum atomic E-state index is -1.34. The Hall–Kier alpha value is -3.92. The van der Waals surface area contributed by atoms with E-state index in [1.807, 2.05) is 0 Å². The van der Waals surface area contributed by atoms with Gasteiger partial charge in [0.25, 0.3) is 0 Å². The van der Waals surface area contributed by atoms with Gasteiger partial charge < -0.3 is 73.3 Å². The van der Waals surface area contributed by atoms with E-state index < -0.39 is 52.1 Å². The SMILES string of the molecule is C=CCOOOCC(COCCC(=O)O)(COCCC(=O)O)COCC(COCCC(=O)O)(COCCC(=O)O)COCC(COC)(COCCC(=O)O)COCCC(=O)O. The number of hydrogen-bond acceptors (Lipinski definition) is 18. The van der Waals surface area contributed by atoms with E-state index in [4.69, 9.17) is 77.9 Å². The summed E-state index contributed by atoms with van der Waals surface area (Å²) in [5.41, 5.74) is -3.80. The van der Waals surface area contributed by atoms with Gasteiger partial charge in [0.1, 0.15) is 6.61 Å². The lowest BCUT2D eigenvalue weighted by Crippen LogP contribution is -2.47. The van der Waals surface area contributed by atoms with E-state index in [0.717, 1.165) is 0 Å². The Balaban J connectivity index is 6.77. The van der Waals surface area contributed by atoms with Crippen molar-refractivity contribution in [1.29, 1.82) is 0 Å². The molecule has 354 valence electrons. The third kappa shape index (κ3) is 31.6. The number of carbonyl (C=O) groups is 6. The van der Waals surface area contributed by atoms with Crippen molar-refractivity contribution in [3.63, 3.8) is 0 Å². The molecule has 0 radical (unpaired) electrons. The predicted octanol–water partition coefficient (Wildman–Crippen LogP) is 0.639. The molecule has 0 atom stereocenters. The maximum atomic E-state index is 11.3. The summed E-state index contributed by atoms with van der Waals surface area (Å²) in [7, 11) is 1.39. The molecule has 0 bridgehead atoms. The number of ether oxygens (including phenoxy) is 9. The Labute approximate surface area is 352 Å². The van der Waals surface area contributed by atoms with Crippen LogP contribution in [-0.4, -0.2) is 199 Å². The number of carboxylic acid groups (broad SMARTS) is 6. The number of carboxylic acids is 6. The minimum Gasteiger partial charge on any atom is -0.481 e. The van der Waals surface area contributed by atoms with Gasteiger partial charge in [0.15, 0.2) is 0 Å². The summed E-state index contributed by atoms with van der Waals surface area (Å²) < 4.78 is 52.0. The van der Waals surface area contributed by atoms with Crippen molar-refractivity contribution < 1.29 is 117 Å². The molecule has 0 rings (SSSR count). The highest BCUT2D eigenvalue weighted by Gasteiger charge is 2.39. The topological polar surface area (TPSA) is 335 Å². The molecule has 61 heavy (non-hydrogen) atoms. The zero-order valence-electron chi connectivity index (χ0n) is 34.5. The molecule has 0 aliphatic carbocycles. The van der Waals surface area contributed by atoms with Crippen LogP contribution in [0.1, 0.15) is 38.5 Å². The average molecular weight is 891 g/mol. The van der Waals surface area contributed by atoms with Crippen LogP contribution in [0.25, 0.3) is 0 Å². The second-order valence-electron chi connectivity index (χ2n) is 14.0. The first-order chi connectivity index (χ1) is 29.0. The summed E-state index contributed by atoms with van der Waals surface area (Å²) in [6.07, 6.45) is -0.753. The lowest BCUT2D eigenvalue weighted by molar-refractivity contribution is -0.515. The number of hydrogen-bond donors (Lipinski definition) is 6. The van der Waals surface area contributed by atoms with E-state index in [1.165, 1.54) is 13.2 Å². The average Bonchev–Trinajstić information content (AvgIpc) is 3.18. The van der Waals surface area contributed by atoms with Crippen molar-refractivity contribution in [1.82, 2.24) is 0 Å². The summed E-state index contributed by atoms with van der Waals surface area (Å²) in [5, 5.41) is 59.7. The van der Waals surface area contributed by atoms with Gasteiger partial charge in [0.2, 0.25) is 0 Å². The van der Waals surface area contributed by atoms with Gasteiger partial charge in [-0.25, -0.2) is 9.78 Å². The zero-order valence-corrected chi connectivity index (χ0v) is 34.5. The minimum absolute atomic E-state index is 0.0609. The Morgan fingerprint density at radius 2 is 0.639 bits per heavy atom. The van der Waals surface area contributed by atoms with Crippen molar-refractivity contribution >= 4 is 35.8 Å². The second kappa shape index (κ2) is 34.6. The van der Waals surface area contributed by atoms with Crippen LogP contribution >= 0.6 is 0 Å². The van der Waals surface area contributed by atoms with Crippen LogP contribution in [0, 0.1) is 16.2 Å². The molecule has 0 spiro atoms. The van der Waals surface area contributed by atoms with Crippen LogP contribution in [0.4, 0.5) is 0 Å². The van der Waals surface area contributed by atoms with Gasteiger partial charge in [0.05, 0.1) is 174 Å². The molecule has 0 heterocycles. The second-order valence-corrected chi connectivity index (χ2v) is 14.0. The summed E-state index contributed by atoms with van der Waals surface area (Å²) in [6, 6.07) is 0. The van der Waals surface area contributed by atoms with Crippen molar-refractivity contribution in [2.75, 3.05) is 133 Å². The molecule has 6 N–H and O–H groups in total. The third-order valence-electron chi connectivity index (χ3n) is 7.94. The first kappa shape index (κ1) is 57.1. The van der Waals surface area contributed by atoms with Crippen molar-refractivity contribution in [2.24, 2.45) is 16.2 Å². The van der Waals surface area contributed by atoms with E-state index in [2.05, 4.69) is 6.58 Å². The Morgan fingerprint density at radius 3 is 0.885 bits per heavy atom. The van der Waals surface area contributed by atoms with Gasteiger partial charge in [-0.15, -0.1) is 6.58 Å². The standard InChI is InChI=1S/C37H62O24/c1-3-10-59-61-60-28-37(22-55-15-8-33(46)47,23-56-16-9-34(48)49)27-58-26-36(20-53-13-6-31(42)43,21-54-14-7-32(44)45)25-57-24-35(17-50-2,18-51-11-4-29(38)39)19-52-12-5-30(40)41/h3H,1,4-28H2,2H3,(H,38,39)(H,40,41)(H,42,43)(H,44,45)(H,46,47)(H,48,49). The zero-order chi connectivity index (χ0) is 45.8. The summed E-state index contributed by atoms with van der Waals surface area (Å²) in [6.45, 7) is -0.878. The van der Waals surface area contributed by atoms with E-state index in [-0.39, 0.29) is 164 Å². The molecule has 0 unspecified atom stereocenters. The molecule has 0 saturated heterocycles. The van der Waals surface area contributed by atoms with Crippen molar-refractivity contribution in [2.45, 2.75) is 38.5 Å². The Kier molecular flexibility index (Phi) is 32.4. The molecule has 0 amide bonds. The molecule has 0 aromatic carbocycles. The summed E-state index contributed by atoms with van der Waals surface area (Å²) in [5.74, 6) is -6.79. The molecular formula is C37H62O24. The highest BCUT2D eigenvalue weighted by molar-refractivity contribution is 5.68. The monoisotopic (exact) mass is 890 g/mol. The normalized spacial score (nSPS) is 12.0. The van der Waals surface area contributed by atoms with Gasteiger partial charge in [-0.3, -0.25) is 28.8 Å². The smallest absolute Gasteiger partial charge is 0.305 e. The molecule has 0 aliphatic heterocycles. The van der Waals surface area contributed by atoms with Crippen molar-refractivity contribution in [3.8, 4) is 0 Å². The van der Waals surface area contributed by atoms with Crippen LogP contribution in [0.5, 0.6) is 0 Å². The van der Waals surface area contributed by atoms with Crippen LogP contribution in [0.15, 0.2) is 12.7 Å². The largest absolute Gasteiger partial charge is 0.481 e. The van der Waals surface area contributed by atoms with Crippen LogP contribution in [0.3, 0.4) is 0 Å². The fourth-order valence-electron chi connectivity index (χ4n) is 4.97. The fourth-order valence-corrected chi connectivity index (χ4v) is 4.97. The molecule has 0 saturated carbocycles.